The number of amides is 2. The second-order valence-corrected chi connectivity index (χ2v) is 9.39. The highest BCUT2D eigenvalue weighted by molar-refractivity contribution is 5.84. The summed E-state index contributed by atoms with van der Waals surface area (Å²) in [7, 11) is 0. The van der Waals surface area contributed by atoms with Crippen molar-refractivity contribution in [2.75, 3.05) is 19.8 Å². The molecule has 0 radical (unpaired) electrons. The van der Waals surface area contributed by atoms with Gasteiger partial charge in [-0.1, -0.05) is 77.0 Å². The van der Waals surface area contributed by atoms with Gasteiger partial charge in [0.2, 0.25) is 11.8 Å². The number of aliphatic carboxylic acids is 2. The molecule has 0 aromatic carbocycles. The maximum atomic E-state index is 12.1. The van der Waals surface area contributed by atoms with Crippen LogP contribution in [0.4, 0.5) is 0 Å². The van der Waals surface area contributed by atoms with Crippen molar-refractivity contribution in [2.24, 2.45) is 0 Å². The standard InChI is InChI=1S/C27H50N2O7/c1-2-36-22-21-28-24(30)20-19-23(27(34)35)29-25(31)17-15-13-11-9-7-5-3-4-6-8-10-12-14-16-18-26(32)33/h23H,2-22H2,1H3,(H,28,30)(H,29,31)(H,32,33)(H,34,35). The molecule has 0 aliphatic rings. The normalized spacial score (nSPS) is 11.7. The van der Waals surface area contributed by atoms with Gasteiger partial charge in [0, 0.05) is 32.4 Å². The molecule has 0 fully saturated rings. The monoisotopic (exact) mass is 514 g/mol. The maximum absolute atomic E-state index is 12.1. The lowest BCUT2D eigenvalue weighted by Crippen LogP contribution is -2.41. The summed E-state index contributed by atoms with van der Waals surface area (Å²) in [5, 5.41) is 23.1. The third-order valence-electron chi connectivity index (χ3n) is 6.11. The molecule has 0 aromatic heterocycles. The van der Waals surface area contributed by atoms with Crippen LogP contribution in [0.15, 0.2) is 0 Å². The summed E-state index contributed by atoms with van der Waals surface area (Å²) in [4.78, 5) is 45.7. The van der Waals surface area contributed by atoms with E-state index in [2.05, 4.69) is 10.6 Å². The summed E-state index contributed by atoms with van der Waals surface area (Å²) in [6.45, 7) is 3.24. The fourth-order valence-corrected chi connectivity index (χ4v) is 3.98. The van der Waals surface area contributed by atoms with Gasteiger partial charge >= 0.3 is 11.9 Å². The highest BCUT2D eigenvalue weighted by Crippen LogP contribution is 2.14. The first-order valence-corrected chi connectivity index (χ1v) is 13.9. The number of carbonyl (C=O) groups is 4. The lowest BCUT2D eigenvalue weighted by Gasteiger charge is -2.14. The average molecular weight is 515 g/mol. The molecule has 2 amide bonds. The van der Waals surface area contributed by atoms with E-state index in [-0.39, 0.29) is 31.1 Å². The fraction of sp³-hybridized carbons (Fsp3) is 0.852. The summed E-state index contributed by atoms with van der Waals surface area (Å²) < 4.78 is 5.13. The van der Waals surface area contributed by atoms with Gasteiger partial charge in [0.25, 0.3) is 0 Å². The van der Waals surface area contributed by atoms with E-state index in [0.717, 1.165) is 44.9 Å². The van der Waals surface area contributed by atoms with Gasteiger partial charge in [-0.15, -0.1) is 0 Å². The minimum atomic E-state index is -1.12. The number of unbranched alkanes of at least 4 members (excludes halogenated alkanes) is 13. The second kappa shape index (κ2) is 24.5. The molecule has 4 N–H and O–H groups in total. The smallest absolute Gasteiger partial charge is 0.326 e. The first kappa shape index (κ1) is 33.8. The van der Waals surface area contributed by atoms with Crippen LogP contribution in [0.25, 0.3) is 0 Å². The van der Waals surface area contributed by atoms with E-state index in [1.807, 2.05) is 6.92 Å². The zero-order valence-electron chi connectivity index (χ0n) is 22.4. The molecule has 0 saturated carbocycles. The van der Waals surface area contributed by atoms with E-state index >= 15 is 0 Å². The summed E-state index contributed by atoms with van der Waals surface area (Å²) >= 11 is 0. The second-order valence-electron chi connectivity index (χ2n) is 9.39. The molecule has 0 aliphatic carbocycles. The highest BCUT2D eigenvalue weighted by Gasteiger charge is 2.20. The molecule has 0 heterocycles. The van der Waals surface area contributed by atoms with E-state index < -0.39 is 18.0 Å². The summed E-state index contributed by atoms with van der Waals surface area (Å²) in [5.74, 6) is -2.35. The zero-order chi connectivity index (χ0) is 26.9. The Kier molecular flexibility index (Phi) is 23.1. The first-order chi connectivity index (χ1) is 17.4. The van der Waals surface area contributed by atoms with Gasteiger partial charge < -0.3 is 25.6 Å². The summed E-state index contributed by atoms with van der Waals surface area (Å²) in [6.07, 6.45) is 16.2. The molecule has 0 aliphatic heterocycles. The molecule has 0 aromatic rings. The van der Waals surface area contributed by atoms with Crippen molar-refractivity contribution in [2.45, 2.75) is 129 Å². The van der Waals surface area contributed by atoms with Gasteiger partial charge in [0.05, 0.1) is 6.61 Å². The van der Waals surface area contributed by atoms with Crippen LogP contribution in [-0.2, 0) is 23.9 Å². The predicted octanol–water partition coefficient (Wildman–Crippen LogP) is 4.81. The lowest BCUT2D eigenvalue weighted by atomic mass is 10.0. The Morgan fingerprint density at radius 2 is 1.14 bits per heavy atom. The molecule has 0 bridgehead atoms. The molecule has 1 unspecified atom stereocenters. The molecule has 0 saturated heterocycles. The third-order valence-corrected chi connectivity index (χ3v) is 6.11. The van der Waals surface area contributed by atoms with Crippen molar-refractivity contribution in [3.05, 3.63) is 0 Å². The van der Waals surface area contributed by atoms with Crippen molar-refractivity contribution < 1.29 is 34.1 Å². The number of carboxylic acid groups (broad SMARTS) is 2. The Balaban J connectivity index is 3.60. The number of carbonyl (C=O) groups excluding carboxylic acids is 2. The minimum absolute atomic E-state index is 0.0397. The van der Waals surface area contributed by atoms with Crippen LogP contribution in [0.5, 0.6) is 0 Å². The van der Waals surface area contributed by atoms with Crippen LogP contribution in [-0.4, -0.2) is 59.8 Å². The van der Waals surface area contributed by atoms with Crippen LogP contribution in [0, 0.1) is 0 Å². The molecular weight excluding hydrogens is 464 g/mol. The molecule has 36 heavy (non-hydrogen) atoms. The molecule has 9 nitrogen and oxygen atoms in total. The Bertz CT molecular complexity index is 599. The summed E-state index contributed by atoms with van der Waals surface area (Å²) in [5.41, 5.74) is 0. The number of hydrogen-bond acceptors (Lipinski definition) is 5. The van der Waals surface area contributed by atoms with Crippen molar-refractivity contribution in [3.63, 3.8) is 0 Å². The number of carboxylic acids is 2. The predicted molar refractivity (Wildman–Crippen MR) is 140 cm³/mol. The Labute approximate surface area is 217 Å². The van der Waals surface area contributed by atoms with Crippen LogP contribution in [0.2, 0.25) is 0 Å². The van der Waals surface area contributed by atoms with Crippen LogP contribution < -0.4 is 10.6 Å². The molecule has 210 valence electrons. The SMILES string of the molecule is CCOCCNC(=O)CCC(NC(=O)CCCCCCCCCCCCCCCCC(=O)O)C(=O)O. The lowest BCUT2D eigenvalue weighted by molar-refractivity contribution is -0.142. The van der Waals surface area contributed by atoms with E-state index in [4.69, 9.17) is 9.84 Å². The Morgan fingerprint density at radius 3 is 1.58 bits per heavy atom. The van der Waals surface area contributed by atoms with Crippen molar-refractivity contribution in [1.29, 1.82) is 0 Å². The van der Waals surface area contributed by atoms with Gasteiger partial charge in [-0.3, -0.25) is 14.4 Å². The largest absolute Gasteiger partial charge is 0.481 e. The topological polar surface area (TPSA) is 142 Å². The van der Waals surface area contributed by atoms with Gasteiger partial charge in [-0.05, 0) is 26.2 Å². The number of ether oxygens (including phenoxy) is 1. The Hall–Kier alpha value is -2.16. The van der Waals surface area contributed by atoms with E-state index in [0.29, 0.717) is 26.2 Å². The van der Waals surface area contributed by atoms with Gasteiger partial charge in [-0.2, -0.15) is 0 Å². The summed E-state index contributed by atoms with van der Waals surface area (Å²) in [6, 6.07) is -1.05. The average Bonchev–Trinajstić information content (AvgIpc) is 2.83. The molecule has 0 spiro atoms. The van der Waals surface area contributed by atoms with Crippen molar-refractivity contribution in [1.82, 2.24) is 10.6 Å². The van der Waals surface area contributed by atoms with E-state index in [9.17, 15) is 24.3 Å². The van der Waals surface area contributed by atoms with Gasteiger partial charge in [-0.25, -0.2) is 4.79 Å². The minimum Gasteiger partial charge on any atom is -0.481 e. The van der Waals surface area contributed by atoms with Gasteiger partial charge in [0.15, 0.2) is 0 Å². The van der Waals surface area contributed by atoms with E-state index in [1.54, 1.807) is 0 Å². The Morgan fingerprint density at radius 1 is 0.667 bits per heavy atom. The maximum Gasteiger partial charge on any atom is 0.326 e. The molecule has 0 rings (SSSR count). The quantitative estimate of drug-likeness (QED) is 0.121. The number of rotatable bonds is 26. The number of nitrogens with one attached hydrogen (secondary N) is 2. The van der Waals surface area contributed by atoms with Crippen molar-refractivity contribution >= 4 is 23.8 Å². The van der Waals surface area contributed by atoms with Crippen LogP contribution in [0.1, 0.15) is 122 Å². The molecule has 1 atom stereocenters. The van der Waals surface area contributed by atoms with Crippen molar-refractivity contribution in [3.8, 4) is 0 Å². The molecular formula is C27H50N2O7. The van der Waals surface area contributed by atoms with Crippen LogP contribution >= 0.6 is 0 Å². The number of hydrogen-bond donors (Lipinski definition) is 4. The van der Waals surface area contributed by atoms with E-state index in [1.165, 1.54) is 44.9 Å². The van der Waals surface area contributed by atoms with Crippen LogP contribution in [0.3, 0.4) is 0 Å². The molecule has 9 heteroatoms. The first-order valence-electron chi connectivity index (χ1n) is 13.9. The fourth-order valence-electron chi connectivity index (χ4n) is 3.98. The third kappa shape index (κ3) is 23.6. The highest BCUT2D eigenvalue weighted by atomic mass is 16.5. The zero-order valence-corrected chi connectivity index (χ0v) is 22.4. The van der Waals surface area contributed by atoms with Gasteiger partial charge in [0.1, 0.15) is 6.04 Å².